The lowest BCUT2D eigenvalue weighted by atomic mass is 10.2. The number of ether oxygens (including phenoxy) is 1. The number of rotatable bonds is 5. The molecule has 0 spiro atoms. The van der Waals surface area contributed by atoms with Crippen molar-refractivity contribution in [3.63, 3.8) is 0 Å². The van der Waals surface area contributed by atoms with Crippen molar-refractivity contribution in [2.24, 2.45) is 0 Å². The maximum Gasteiger partial charge on any atom is 0.252 e. The normalized spacial score (nSPS) is 10.6. The second-order valence-corrected chi connectivity index (χ2v) is 4.65. The summed E-state index contributed by atoms with van der Waals surface area (Å²) in [6.45, 7) is 4.75. The number of carbonyl (C=O) groups is 1. The third kappa shape index (κ3) is 4.83. The van der Waals surface area contributed by atoms with Crippen LogP contribution in [0.5, 0.6) is 0 Å². The zero-order chi connectivity index (χ0) is 12.8. The van der Waals surface area contributed by atoms with E-state index in [4.69, 9.17) is 4.74 Å². The number of benzene rings is 1. The molecule has 1 amide bonds. The van der Waals surface area contributed by atoms with Gasteiger partial charge in [-0.15, -0.1) is 0 Å². The van der Waals surface area contributed by atoms with Crippen LogP contribution in [0.1, 0.15) is 24.2 Å². The SMILES string of the molecule is CC(C)OCCNC(=O)c1ccc(F)cc1Br. The van der Waals surface area contributed by atoms with Gasteiger partial charge >= 0.3 is 0 Å². The number of hydrogen-bond acceptors (Lipinski definition) is 2. The lowest BCUT2D eigenvalue weighted by molar-refractivity contribution is 0.0746. The van der Waals surface area contributed by atoms with E-state index in [9.17, 15) is 9.18 Å². The zero-order valence-electron chi connectivity index (χ0n) is 9.80. The van der Waals surface area contributed by atoms with E-state index in [1.807, 2.05) is 13.8 Å². The summed E-state index contributed by atoms with van der Waals surface area (Å²) in [7, 11) is 0. The average Bonchev–Trinajstić information content (AvgIpc) is 2.23. The van der Waals surface area contributed by atoms with Gasteiger partial charge in [-0.1, -0.05) is 0 Å². The number of amides is 1. The lowest BCUT2D eigenvalue weighted by Gasteiger charge is -2.09. The second-order valence-electron chi connectivity index (χ2n) is 3.80. The summed E-state index contributed by atoms with van der Waals surface area (Å²) in [4.78, 5) is 11.7. The van der Waals surface area contributed by atoms with Crippen LogP contribution in [0.4, 0.5) is 4.39 Å². The van der Waals surface area contributed by atoms with Crippen LogP contribution in [0.25, 0.3) is 0 Å². The van der Waals surface area contributed by atoms with Crippen molar-refractivity contribution in [2.45, 2.75) is 20.0 Å². The molecule has 0 atom stereocenters. The molecule has 1 aromatic rings. The number of nitrogens with one attached hydrogen (secondary N) is 1. The van der Waals surface area contributed by atoms with E-state index < -0.39 is 0 Å². The smallest absolute Gasteiger partial charge is 0.252 e. The van der Waals surface area contributed by atoms with E-state index >= 15 is 0 Å². The Morgan fingerprint density at radius 2 is 2.24 bits per heavy atom. The van der Waals surface area contributed by atoms with Crippen LogP contribution >= 0.6 is 15.9 Å². The highest BCUT2D eigenvalue weighted by atomic mass is 79.9. The maximum atomic E-state index is 12.8. The fourth-order valence-electron chi connectivity index (χ4n) is 1.23. The Morgan fingerprint density at radius 3 is 2.82 bits per heavy atom. The van der Waals surface area contributed by atoms with Crippen LogP contribution < -0.4 is 5.32 Å². The van der Waals surface area contributed by atoms with Gasteiger partial charge in [0.15, 0.2) is 0 Å². The van der Waals surface area contributed by atoms with E-state index in [-0.39, 0.29) is 17.8 Å². The van der Waals surface area contributed by atoms with Crippen LogP contribution in [0.2, 0.25) is 0 Å². The van der Waals surface area contributed by atoms with E-state index in [2.05, 4.69) is 21.2 Å². The molecule has 0 saturated carbocycles. The first-order valence-corrected chi connectivity index (χ1v) is 6.15. The highest BCUT2D eigenvalue weighted by Crippen LogP contribution is 2.17. The first-order valence-electron chi connectivity index (χ1n) is 5.35. The molecule has 94 valence electrons. The van der Waals surface area contributed by atoms with Gasteiger partial charge in [-0.05, 0) is 48.0 Å². The molecule has 0 bridgehead atoms. The predicted octanol–water partition coefficient (Wildman–Crippen LogP) is 2.74. The standard InChI is InChI=1S/C12H15BrFNO2/c1-8(2)17-6-5-15-12(16)10-4-3-9(14)7-11(10)13/h3-4,7-8H,5-6H2,1-2H3,(H,15,16). The van der Waals surface area contributed by atoms with Crippen molar-refractivity contribution in [3.8, 4) is 0 Å². The van der Waals surface area contributed by atoms with Gasteiger partial charge in [-0.3, -0.25) is 4.79 Å². The molecule has 0 aliphatic heterocycles. The fourth-order valence-corrected chi connectivity index (χ4v) is 1.76. The first kappa shape index (κ1) is 14.1. The fraction of sp³-hybridized carbons (Fsp3) is 0.417. The number of halogens is 2. The molecule has 5 heteroatoms. The predicted molar refractivity (Wildman–Crippen MR) is 67.5 cm³/mol. The molecule has 0 aliphatic rings. The lowest BCUT2D eigenvalue weighted by Crippen LogP contribution is -2.28. The van der Waals surface area contributed by atoms with Crippen molar-refractivity contribution in [2.75, 3.05) is 13.2 Å². The third-order valence-corrected chi connectivity index (χ3v) is 2.67. The van der Waals surface area contributed by atoms with Crippen molar-refractivity contribution in [1.82, 2.24) is 5.32 Å². The minimum Gasteiger partial charge on any atom is -0.377 e. The molecule has 0 unspecified atom stereocenters. The molecule has 0 aliphatic carbocycles. The molecule has 0 saturated heterocycles. The first-order chi connectivity index (χ1) is 8.00. The van der Waals surface area contributed by atoms with E-state index in [1.165, 1.54) is 18.2 Å². The molecule has 17 heavy (non-hydrogen) atoms. The van der Waals surface area contributed by atoms with E-state index in [1.54, 1.807) is 0 Å². The van der Waals surface area contributed by atoms with Gasteiger partial charge in [0.25, 0.3) is 5.91 Å². The van der Waals surface area contributed by atoms with Crippen LogP contribution in [-0.4, -0.2) is 25.2 Å². The minimum absolute atomic E-state index is 0.143. The molecule has 0 aromatic heterocycles. The molecule has 0 fully saturated rings. The summed E-state index contributed by atoms with van der Waals surface area (Å²) in [5.74, 6) is -0.624. The molecule has 1 rings (SSSR count). The topological polar surface area (TPSA) is 38.3 Å². The molecule has 3 nitrogen and oxygen atoms in total. The highest BCUT2D eigenvalue weighted by molar-refractivity contribution is 9.10. The average molecular weight is 304 g/mol. The molecular formula is C12H15BrFNO2. The van der Waals surface area contributed by atoms with Gasteiger partial charge in [-0.2, -0.15) is 0 Å². The van der Waals surface area contributed by atoms with Crippen molar-refractivity contribution in [1.29, 1.82) is 0 Å². The van der Waals surface area contributed by atoms with Gasteiger partial charge in [0.05, 0.1) is 18.3 Å². The summed E-state index contributed by atoms with van der Waals surface area (Å²) in [5.41, 5.74) is 0.413. The number of hydrogen-bond donors (Lipinski definition) is 1. The largest absolute Gasteiger partial charge is 0.377 e. The van der Waals surface area contributed by atoms with E-state index in [0.717, 1.165) is 0 Å². The molecule has 0 heterocycles. The zero-order valence-corrected chi connectivity index (χ0v) is 11.4. The van der Waals surface area contributed by atoms with Gasteiger partial charge in [0, 0.05) is 11.0 Å². The van der Waals surface area contributed by atoms with Crippen LogP contribution in [-0.2, 0) is 4.74 Å². The highest BCUT2D eigenvalue weighted by Gasteiger charge is 2.09. The van der Waals surface area contributed by atoms with Gasteiger partial charge in [0.2, 0.25) is 0 Å². The number of carbonyl (C=O) groups excluding carboxylic acids is 1. The molecule has 1 aromatic carbocycles. The van der Waals surface area contributed by atoms with Crippen molar-refractivity contribution >= 4 is 21.8 Å². The van der Waals surface area contributed by atoms with Crippen LogP contribution in [0, 0.1) is 5.82 Å². The summed E-state index contributed by atoms with van der Waals surface area (Å²) < 4.78 is 18.6. The summed E-state index contributed by atoms with van der Waals surface area (Å²) >= 11 is 3.15. The molecule has 0 radical (unpaired) electrons. The van der Waals surface area contributed by atoms with Crippen molar-refractivity contribution < 1.29 is 13.9 Å². The molecule has 1 N–H and O–H groups in total. The van der Waals surface area contributed by atoms with Crippen LogP contribution in [0.3, 0.4) is 0 Å². The maximum absolute atomic E-state index is 12.8. The Hall–Kier alpha value is -0.940. The summed E-state index contributed by atoms with van der Waals surface area (Å²) in [6.07, 6.45) is 0.143. The Kier molecular flexibility index (Phi) is 5.58. The Bertz CT molecular complexity index is 396. The Labute approximate surface area is 108 Å². The monoisotopic (exact) mass is 303 g/mol. The third-order valence-electron chi connectivity index (χ3n) is 2.01. The van der Waals surface area contributed by atoms with Crippen molar-refractivity contribution in [3.05, 3.63) is 34.1 Å². The Balaban J connectivity index is 2.47. The quantitative estimate of drug-likeness (QED) is 0.850. The second kappa shape index (κ2) is 6.71. The van der Waals surface area contributed by atoms with Gasteiger partial charge < -0.3 is 10.1 Å². The summed E-state index contributed by atoms with van der Waals surface area (Å²) in [6, 6.07) is 3.96. The van der Waals surface area contributed by atoms with Crippen LogP contribution in [0.15, 0.2) is 22.7 Å². The van der Waals surface area contributed by atoms with Gasteiger partial charge in [-0.25, -0.2) is 4.39 Å². The van der Waals surface area contributed by atoms with E-state index in [0.29, 0.717) is 23.2 Å². The molecular weight excluding hydrogens is 289 g/mol. The Morgan fingerprint density at radius 1 is 1.53 bits per heavy atom. The summed E-state index contributed by atoms with van der Waals surface area (Å²) in [5, 5.41) is 2.70. The van der Waals surface area contributed by atoms with Gasteiger partial charge in [0.1, 0.15) is 5.82 Å². The minimum atomic E-state index is -0.378.